The zero-order valence-corrected chi connectivity index (χ0v) is 10.2. The van der Waals surface area contributed by atoms with Crippen molar-refractivity contribution in [1.82, 2.24) is 14.9 Å². The van der Waals surface area contributed by atoms with Crippen LogP contribution in [0.3, 0.4) is 0 Å². The van der Waals surface area contributed by atoms with Gasteiger partial charge in [-0.1, -0.05) is 18.5 Å². The van der Waals surface area contributed by atoms with Crippen LogP contribution in [0, 0.1) is 0 Å². The molecule has 4 nitrogen and oxygen atoms in total. The highest BCUT2D eigenvalue weighted by molar-refractivity contribution is 6.32. The molecule has 0 amide bonds. The van der Waals surface area contributed by atoms with E-state index in [2.05, 4.69) is 27.1 Å². The minimum atomic E-state index is 0.587. The van der Waals surface area contributed by atoms with Crippen LogP contribution in [-0.2, 0) is 0 Å². The molecule has 1 aliphatic heterocycles. The fourth-order valence-corrected chi connectivity index (χ4v) is 2.37. The summed E-state index contributed by atoms with van der Waals surface area (Å²) in [7, 11) is 0. The molecule has 1 fully saturated rings. The SMILES string of the molecule is CCN1CCCC1CNc1ncncc1Cl. The Kier molecular flexibility index (Phi) is 3.96. The molecule has 1 aromatic heterocycles. The number of hydrogen-bond acceptors (Lipinski definition) is 4. The number of nitrogens with one attached hydrogen (secondary N) is 1. The van der Waals surface area contributed by atoms with Gasteiger partial charge in [-0.3, -0.25) is 4.90 Å². The van der Waals surface area contributed by atoms with Gasteiger partial charge in [-0.25, -0.2) is 9.97 Å². The van der Waals surface area contributed by atoms with E-state index in [1.54, 1.807) is 6.20 Å². The van der Waals surface area contributed by atoms with E-state index < -0.39 is 0 Å². The lowest BCUT2D eigenvalue weighted by Crippen LogP contribution is -2.34. The summed E-state index contributed by atoms with van der Waals surface area (Å²) in [5.74, 6) is 0.736. The first-order valence-electron chi connectivity index (χ1n) is 5.74. The maximum Gasteiger partial charge on any atom is 0.148 e. The zero-order chi connectivity index (χ0) is 11.4. The average molecular weight is 241 g/mol. The number of aromatic nitrogens is 2. The lowest BCUT2D eigenvalue weighted by molar-refractivity contribution is 0.277. The molecular formula is C11H17ClN4. The number of anilines is 1. The molecule has 1 N–H and O–H groups in total. The van der Waals surface area contributed by atoms with Crippen LogP contribution in [0.4, 0.5) is 5.82 Å². The third-order valence-corrected chi connectivity index (χ3v) is 3.35. The Balaban J connectivity index is 1.90. The van der Waals surface area contributed by atoms with Crippen molar-refractivity contribution in [1.29, 1.82) is 0 Å². The summed E-state index contributed by atoms with van der Waals surface area (Å²) in [6.07, 6.45) is 5.67. The Bertz CT molecular complexity index is 345. The van der Waals surface area contributed by atoms with Gasteiger partial charge in [-0.15, -0.1) is 0 Å². The molecule has 16 heavy (non-hydrogen) atoms. The predicted octanol–water partition coefficient (Wildman–Crippen LogP) is 2.03. The van der Waals surface area contributed by atoms with E-state index in [9.17, 15) is 0 Å². The van der Waals surface area contributed by atoms with E-state index in [-0.39, 0.29) is 0 Å². The van der Waals surface area contributed by atoms with Gasteiger partial charge < -0.3 is 5.32 Å². The minimum absolute atomic E-state index is 0.587. The molecule has 1 aromatic rings. The molecule has 0 saturated carbocycles. The number of nitrogens with zero attached hydrogens (tertiary/aromatic N) is 3. The molecule has 1 saturated heterocycles. The van der Waals surface area contributed by atoms with Gasteiger partial charge in [-0.2, -0.15) is 0 Å². The highest BCUT2D eigenvalue weighted by Crippen LogP contribution is 2.19. The summed E-state index contributed by atoms with van der Waals surface area (Å²) in [5, 5.41) is 3.88. The van der Waals surface area contributed by atoms with Gasteiger partial charge in [0.25, 0.3) is 0 Å². The van der Waals surface area contributed by atoms with Crippen LogP contribution < -0.4 is 5.32 Å². The van der Waals surface area contributed by atoms with Gasteiger partial charge in [0.2, 0.25) is 0 Å². The number of likely N-dealkylation sites (N-methyl/N-ethyl adjacent to an activating group) is 1. The maximum atomic E-state index is 5.98. The topological polar surface area (TPSA) is 41.0 Å². The molecule has 0 aliphatic carbocycles. The van der Waals surface area contributed by atoms with Crippen LogP contribution >= 0.6 is 11.6 Å². The Hall–Kier alpha value is -0.870. The van der Waals surface area contributed by atoms with Crippen molar-refractivity contribution in [2.24, 2.45) is 0 Å². The zero-order valence-electron chi connectivity index (χ0n) is 9.49. The van der Waals surface area contributed by atoms with Crippen molar-refractivity contribution in [3.05, 3.63) is 17.5 Å². The molecule has 1 unspecified atom stereocenters. The van der Waals surface area contributed by atoms with Crippen molar-refractivity contribution in [3.63, 3.8) is 0 Å². The molecular weight excluding hydrogens is 224 g/mol. The fourth-order valence-electron chi connectivity index (χ4n) is 2.20. The van der Waals surface area contributed by atoms with Crippen LogP contribution in [0.2, 0.25) is 5.02 Å². The Labute approximate surface area is 101 Å². The van der Waals surface area contributed by atoms with Crippen molar-refractivity contribution < 1.29 is 0 Å². The molecule has 0 radical (unpaired) electrons. The normalized spacial score (nSPS) is 21.2. The summed E-state index contributed by atoms with van der Waals surface area (Å²) in [6.45, 7) is 5.44. The van der Waals surface area contributed by atoms with E-state index in [1.165, 1.54) is 25.7 Å². The molecule has 0 bridgehead atoms. The van der Waals surface area contributed by atoms with Crippen LogP contribution in [0.15, 0.2) is 12.5 Å². The van der Waals surface area contributed by atoms with Crippen molar-refractivity contribution in [2.45, 2.75) is 25.8 Å². The summed E-state index contributed by atoms with van der Waals surface area (Å²) in [6, 6.07) is 0.607. The van der Waals surface area contributed by atoms with Crippen LogP contribution in [0.1, 0.15) is 19.8 Å². The van der Waals surface area contributed by atoms with E-state index in [0.29, 0.717) is 11.1 Å². The third-order valence-electron chi connectivity index (χ3n) is 3.08. The Morgan fingerprint density at radius 1 is 1.62 bits per heavy atom. The van der Waals surface area contributed by atoms with Crippen LogP contribution in [-0.4, -0.2) is 40.5 Å². The first kappa shape index (κ1) is 11.6. The molecule has 2 rings (SSSR count). The van der Waals surface area contributed by atoms with Gasteiger partial charge in [-0.05, 0) is 25.9 Å². The Morgan fingerprint density at radius 3 is 3.25 bits per heavy atom. The second kappa shape index (κ2) is 5.46. The molecule has 1 aliphatic rings. The molecule has 0 aromatic carbocycles. The van der Waals surface area contributed by atoms with Gasteiger partial charge in [0.1, 0.15) is 17.2 Å². The molecule has 1 atom stereocenters. The Morgan fingerprint density at radius 2 is 2.50 bits per heavy atom. The lowest BCUT2D eigenvalue weighted by Gasteiger charge is -2.23. The highest BCUT2D eigenvalue weighted by Gasteiger charge is 2.22. The van der Waals surface area contributed by atoms with Crippen LogP contribution in [0.25, 0.3) is 0 Å². The highest BCUT2D eigenvalue weighted by atomic mass is 35.5. The van der Waals surface area contributed by atoms with Crippen LogP contribution in [0.5, 0.6) is 0 Å². The smallest absolute Gasteiger partial charge is 0.148 e. The predicted molar refractivity (Wildman–Crippen MR) is 65.8 cm³/mol. The quantitative estimate of drug-likeness (QED) is 0.875. The molecule has 0 spiro atoms. The third kappa shape index (κ3) is 2.62. The molecule has 5 heteroatoms. The van der Waals surface area contributed by atoms with Crippen molar-refractivity contribution in [3.8, 4) is 0 Å². The minimum Gasteiger partial charge on any atom is -0.367 e. The summed E-state index contributed by atoms with van der Waals surface area (Å²) in [4.78, 5) is 10.5. The van der Waals surface area contributed by atoms with Gasteiger partial charge in [0.05, 0.1) is 6.20 Å². The van der Waals surface area contributed by atoms with E-state index in [1.807, 2.05) is 0 Å². The fraction of sp³-hybridized carbons (Fsp3) is 0.636. The maximum absolute atomic E-state index is 5.98. The molecule has 88 valence electrons. The summed E-state index contributed by atoms with van der Waals surface area (Å²) >= 11 is 5.98. The largest absolute Gasteiger partial charge is 0.367 e. The summed E-state index contributed by atoms with van der Waals surface area (Å²) < 4.78 is 0. The average Bonchev–Trinajstić information content (AvgIpc) is 2.75. The monoisotopic (exact) mass is 240 g/mol. The molecule has 2 heterocycles. The van der Waals surface area contributed by atoms with E-state index >= 15 is 0 Å². The lowest BCUT2D eigenvalue weighted by atomic mass is 10.2. The van der Waals surface area contributed by atoms with Crippen molar-refractivity contribution >= 4 is 17.4 Å². The number of rotatable bonds is 4. The first-order chi connectivity index (χ1) is 7.81. The van der Waals surface area contributed by atoms with E-state index in [4.69, 9.17) is 11.6 Å². The number of likely N-dealkylation sites (tertiary alicyclic amines) is 1. The second-order valence-corrected chi connectivity index (χ2v) is 4.43. The van der Waals surface area contributed by atoms with Crippen molar-refractivity contribution in [2.75, 3.05) is 25.0 Å². The van der Waals surface area contributed by atoms with Gasteiger partial charge in [0.15, 0.2) is 0 Å². The number of halogens is 1. The number of hydrogen-bond donors (Lipinski definition) is 1. The van der Waals surface area contributed by atoms with Gasteiger partial charge >= 0.3 is 0 Å². The second-order valence-electron chi connectivity index (χ2n) is 4.02. The first-order valence-corrected chi connectivity index (χ1v) is 6.12. The van der Waals surface area contributed by atoms with E-state index in [0.717, 1.165) is 18.9 Å². The summed E-state index contributed by atoms with van der Waals surface area (Å²) in [5.41, 5.74) is 0. The standard InChI is InChI=1S/C11H17ClN4/c1-2-16-5-3-4-9(16)6-14-11-10(12)7-13-8-15-11/h7-9H,2-6H2,1H3,(H,13,14,15). The van der Waals surface area contributed by atoms with Gasteiger partial charge in [0, 0.05) is 12.6 Å².